The summed E-state index contributed by atoms with van der Waals surface area (Å²) in [5.41, 5.74) is 0.170. The Morgan fingerprint density at radius 2 is 2.06 bits per heavy atom. The Hall–Kier alpha value is -2.70. The third kappa shape index (κ3) is 2.34. The van der Waals surface area contributed by atoms with E-state index in [1.165, 1.54) is 12.1 Å². The summed E-state index contributed by atoms with van der Waals surface area (Å²) in [5.74, 6) is -1.64. The van der Waals surface area contributed by atoms with Gasteiger partial charge in [-0.1, -0.05) is 17.3 Å². The van der Waals surface area contributed by atoms with E-state index in [4.69, 9.17) is 5.11 Å². The maximum Gasteiger partial charge on any atom is 0.337 e. The van der Waals surface area contributed by atoms with Gasteiger partial charge in [0.15, 0.2) is 0 Å². The van der Waals surface area contributed by atoms with E-state index in [1.54, 1.807) is 19.1 Å². The average Bonchev–Trinajstić information content (AvgIpc) is 2.76. The lowest BCUT2D eigenvalue weighted by Gasteiger charge is -2.05. The zero-order chi connectivity index (χ0) is 13.1. The molecule has 92 valence electrons. The molecule has 7 heteroatoms. The number of nitrogens with one attached hydrogen (secondary N) is 1. The van der Waals surface area contributed by atoms with Crippen molar-refractivity contribution in [3.05, 3.63) is 41.5 Å². The van der Waals surface area contributed by atoms with Gasteiger partial charge in [-0.2, -0.15) is 4.98 Å². The van der Waals surface area contributed by atoms with E-state index in [0.717, 1.165) is 0 Å². The second kappa shape index (κ2) is 4.66. The molecule has 1 heterocycles. The Labute approximate surface area is 101 Å². The van der Waals surface area contributed by atoms with Gasteiger partial charge in [-0.25, -0.2) is 4.79 Å². The van der Waals surface area contributed by atoms with Gasteiger partial charge < -0.3 is 14.9 Å². The summed E-state index contributed by atoms with van der Waals surface area (Å²) in [5, 5.41) is 14.8. The van der Waals surface area contributed by atoms with Crippen molar-refractivity contribution in [2.75, 3.05) is 5.32 Å². The number of aromatic nitrogens is 2. The number of aryl methyl sites for hydroxylation is 1. The predicted octanol–water partition coefficient (Wildman–Crippen LogP) is 1.33. The first-order chi connectivity index (χ1) is 8.58. The van der Waals surface area contributed by atoms with Gasteiger partial charge in [0.2, 0.25) is 5.89 Å². The number of hydrogen-bond acceptors (Lipinski definition) is 5. The van der Waals surface area contributed by atoms with Crippen molar-refractivity contribution in [1.29, 1.82) is 0 Å². The van der Waals surface area contributed by atoms with Gasteiger partial charge in [0, 0.05) is 6.92 Å². The van der Waals surface area contributed by atoms with Crippen molar-refractivity contribution in [2.24, 2.45) is 0 Å². The fraction of sp³-hybridized carbons (Fsp3) is 0.0909. The van der Waals surface area contributed by atoms with Crippen molar-refractivity contribution < 1.29 is 19.2 Å². The van der Waals surface area contributed by atoms with Crippen LogP contribution >= 0.6 is 0 Å². The Morgan fingerprint density at radius 1 is 1.33 bits per heavy atom. The van der Waals surface area contributed by atoms with Crippen molar-refractivity contribution in [3.63, 3.8) is 0 Å². The molecule has 7 nitrogen and oxygen atoms in total. The van der Waals surface area contributed by atoms with Gasteiger partial charge in [0.1, 0.15) is 0 Å². The Balaban J connectivity index is 2.24. The van der Waals surface area contributed by atoms with E-state index < -0.39 is 11.9 Å². The highest BCUT2D eigenvalue weighted by Crippen LogP contribution is 2.15. The summed E-state index contributed by atoms with van der Waals surface area (Å²) in [6.07, 6.45) is 0. The summed E-state index contributed by atoms with van der Waals surface area (Å²) >= 11 is 0. The largest absolute Gasteiger partial charge is 0.478 e. The van der Waals surface area contributed by atoms with E-state index in [-0.39, 0.29) is 23.0 Å². The zero-order valence-corrected chi connectivity index (χ0v) is 9.38. The van der Waals surface area contributed by atoms with Crippen LogP contribution in [0.4, 0.5) is 5.69 Å². The lowest BCUT2D eigenvalue weighted by Crippen LogP contribution is -2.16. The number of carbonyl (C=O) groups is 2. The van der Waals surface area contributed by atoms with E-state index in [0.29, 0.717) is 0 Å². The Kier molecular flexibility index (Phi) is 3.05. The topological polar surface area (TPSA) is 105 Å². The maximum atomic E-state index is 11.7. The zero-order valence-electron chi connectivity index (χ0n) is 9.38. The first-order valence-electron chi connectivity index (χ1n) is 5.02. The number of anilines is 1. The maximum absolute atomic E-state index is 11.7. The van der Waals surface area contributed by atoms with Crippen LogP contribution in [-0.4, -0.2) is 27.1 Å². The summed E-state index contributed by atoms with van der Waals surface area (Å²) in [7, 11) is 0. The Morgan fingerprint density at radius 3 is 2.67 bits per heavy atom. The number of benzene rings is 1. The molecule has 2 N–H and O–H groups in total. The number of aromatic carboxylic acids is 1. The quantitative estimate of drug-likeness (QED) is 0.847. The van der Waals surface area contributed by atoms with E-state index in [1.807, 2.05) is 0 Å². The lowest BCUT2D eigenvalue weighted by molar-refractivity contribution is 0.0698. The fourth-order valence-electron chi connectivity index (χ4n) is 1.35. The molecular formula is C11H9N3O4. The molecule has 0 saturated heterocycles. The van der Waals surface area contributed by atoms with Crippen LogP contribution < -0.4 is 5.32 Å². The number of carbonyl (C=O) groups excluding carboxylic acids is 1. The van der Waals surface area contributed by atoms with Gasteiger partial charge in [0.25, 0.3) is 11.7 Å². The minimum Gasteiger partial charge on any atom is -0.478 e. The second-order valence-electron chi connectivity index (χ2n) is 3.44. The van der Waals surface area contributed by atoms with Crippen molar-refractivity contribution in [2.45, 2.75) is 6.92 Å². The van der Waals surface area contributed by atoms with Crippen LogP contribution in [-0.2, 0) is 0 Å². The van der Waals surface area contributed by atoms with Crippen LogP contribution in [0.15, 0.2) is 28.8 Å². The average molecular weight is 247 g/mol. The third-order valence-electron chi connectivity index (χ3n) is 2.14. The van der Waals surface area contributed by atoms with E-state index in [2.05, 4.69) is 20.0 Å². The fourth-order valence-corrected chi connectivity index (χ4v) is 1.35. The molecule has 2 rings (SSSR count). The molecule has 1 amide bonds. The second-order valence-corrected chi connectivity index (χ2v) is 3.44. The molecule has 0 fully saturated rings. The van der Waals surface area contributed by atoms with Crippen molar-refractivity contribution in [3.8, 4) is 0 Å². The molecule has 2 aromatic rings. The number of nitrogens with zero attached hydrogens (tertiary/aromatic N) is 2. The summed E-state index contributed by atoms with van der Waals surface area (Å²) in [6, 6.07) is 6.05. The van der Waals surface area contributed by atoms with Crippen LogP contribution in [0.3, 0.4) is 0 Å². The minimum atomic E-state index is -1.13. The molecule has 18 heavy (non-hydrogen) atoms. The van der Waals surface area contributed by atoms with Gasteiger partial charge in [-0.3, -0.25) is 4.79 Å². The molecule has 0 aliphatic rings. The molecule has 0 aliphatic heterocycles. The Bertz CT molecular complexity index is 606. The molecule has 0 radical (unpaired) electrons. The molecule has 0 spiro atoms. The number of carboxylic acid groups (broad SMARTS) is 1. The molecular weight excluding hydrogens is 238 g/mol. The van der Waals surface area contributed by atoms with Crippen LogP contribution in [0, 0.1) is 6.92 Å². The molecule has 0 saturated carbocycles. The normalized spacial score (nSPS) is 10.1. The molecule has 1 aromatic carbocycles. The summed E-state index contributed by atoms with van der Waals surface area (Å²) < 4.78 is 4.66. The first kappa shape index (κ1) is 11.8. The van der Waals surface area contributed by atoms with Crippen LogP contribution in [0.25, 0.3) is 0 Å². The van der Waals surface area contributed by atoms with Gasteiger partial charge in [-0.15, -0.1) is 0 Å². The lowest BCUT2D eigenvalue weighted by atomic mass is 10.2. The first-order valence-corrected chi connectivity index (χ1v) is 5.02. The van der Waals surface area contributed by atoms with Gasteiger partial charge in [-0.05, 0) is 12.1 Å². The number of amides is 1. The monoisotopic (exact) mass is 247 g/mol. The van der Waals surface area contributed by atoms with Gasteiger partial charge >= 0.3 is 5.97 Å². The number of carboxylic acids is 1. The molecule has 0 bridgehead atoms. The molecule has 0 aliphatic carbocycles. The van der Waals surface area contributed by atoms with Crippen molar-refractivity contribution in [1.82, 2.24) is 10.1 Å². The van der Waals surface area contributed by atoms with E-state index >= 15 is 0 Å². The number of hydrogen-bond donors (Lipinski definition) is 2. The van der Waals surface area contributed by atoms with Gasteiger partial charge in [0.05, 0.1) is 11.3 Å². The minimum absolute atomic E-state index is 0.00827. The highest BCUT2D eigenvalue weighted by molar-refractivity contribution is 6.05. The summed E-state index contributed by atoms with van der Waals surface area (Å²) in [4.78, 5) is 26.4. The number of para-hydroxylation sites is 1. The molecule has 0 unspecified atom stereocenters. The standard InChI is InChI=1S/C11H9N3O4/c1-6-12-9(14-18-6)10(15)13-8-5-3-2-4-7(8)11(16)17/h2-5H,1H3,(H,13,15)(H,16,17). The smallest absolute Gasteiger partial charge is 0.337 e. The third-order valence-corrected chi connectivity index (χ3v) is 2.14. The van der Waals surface area contributed by atoms with Crippen molar-refractivity contribution >= 4 is 17.6 Å². The molecule has 0 atom stereocenters. The van der Waals surface area contributed by atoms with E-state index in [9.17, 15) is 9.59 Å². The SMILES string of the molecule is Cc1nc(C(=O)Nc2ccccc2C(=O)O)no1. The predicted molar refractivity (Wildman–Crippen MR) is 60.4 cm³/mol. The van der Waals surface area contributed by atoms with Crippen LogP contribution in [0.1, 0.15) is 26.9 Å². The highest BCUT2D eigenvalue weighted by Gasteiger charge is 2.16. The van der Waals surface area contributed by atoms with Crippen LogP contribution in [0.2, 0.25) is 0 Å². The molecule has 1 aromatic heterocycles. The number of rotatable bonds is 3. The van der Waals surface area contributed by atoms with Crippen LogP contribution in [0.5, 0.6) is 0 Å². The highest BCUT2D eigenvalue weighted by atomic mass is 16.5. The summed E-state index contributed by atoms with van der Waals surface area (Å²) in [6.45, 7) is 1.55.